The Morgan fingerprint density at radius 1 is 1.42 bits per heavy atom. The Labute approximate surface area is 118 Å². The number of hydrogen-bond acceptors (Lipinski definition) is 4. The van der Waals surface area contributed by atoms with Crippen molar-refractivity contribution in [2.24, 2.45) is 11.8 Å². The standard InChI is InChI=1S/C13H21NO3S2/c1-10-3-2-4-11(10)9-14-19(16,17)13-6-5-12(18-13)7-8-15/h5-6,10-11,14-15H,2-4,7-9H2,1H3. The molecular formula is C13H21NO3S2. The highest BCUT2D eigenvalue weighted by Gasteiger charge is 2.25. The maximum atomic E-state index is 12.1. The first-order valence-corrected chi connectivity index (χ1v) is 9.02. The second-order valence-corrected chi connectivity index (χ2v) is 8.38. The average Bonchev–Trinajstić information content (AvgIpc) is 2.97. The van der Waals surface area contributed by atoms with Crippen LogP contribution in [0.25, 0.3) is 0 Å². The van der Waals surface area contributed by atoms with Crippen molar-refractivity contribution >= 4 is 21.4 Å². The highest BCUT2D eigenvalue weighted by atomic mass is 32.2. The topological polar surface area (TPSA) is 66.4 Å². The summed E-state index contributed by atoms with van der Waals surface area (Å²) in [6.45, 7) is 2.78. The van der Waals surface area contributed by atoms with E-state index in [4.69, 9.17) is 5.11 Å². The third-order valence-electron chi connectivity index (χ3n) is 3.83. The lowest BCUT2D eigenvalue weighted by Crippen LogP contribution is -2.29. The van der Waals surface area contributed by atoms with E-state index in [-0.39, 0.29) is 6.61 Å². The Bertz CT molecular complexity index is 510. The van der Waals surface area contributed by atoms with Crippen LogP contribution in [-0.2, 0) is 16.4 Å². The van der Waals surface area contributed by atoms with E-state index in [1.165, 1.54) is 24.2 Å². The van der Waals surface area contributed by atoms with Crippen molar-refractivity contribution in [3.05, 3.63) is 17.0 Å². The lowest BCUT2D eigenvalue weighted by atomic mass is 9.99. The molecule has 19 heavy (non-hydrogen) atoms. The van der Waals surface area contributed by atoms with Gasteiger partial charge in [-0.2, -0.15) is 0 Å². The largest absolute Gasteiger partial charge is 0.396 e. The van der Waals surface area contributed by atoms with Gasteiger partial charge in [0, 0.05) is 24.4 Å². The molecule has 1 saturated carbocycles. The number of aliphatic hydroxyl groups is 1. The molecule has 1 aromatic rings. The number of nitrogens with one attached hydrogen (secondary N) is 1. The second-order valence-electron chi connectivity index (χ2n) is 5.21. The van der Waals surface area contributed by atoms with Crippen LogP contribution in [0.2, 0.25) is 0 Å². The molecule has 1 heterocycles. The predicted molar refractivity (Wildman–Crippen MR) is 76.8 cm³/mol. The van der Waals surface area contributed by atoms with Gasteiger partial charge in [-0.3, -0.25) is 0 Å². The molecule has 4 nitrogen and oxygen atoms in total. The molecule has 0 spiro atoms. The van der Waals surface area contributed by atoms with Crippen molar-refractivity contribution < 1.29 is 13.5 Å². The Balaban J connectivity index is 1.97. The molecule has 0 saturated heterocycles. The summed E-state index contributed by atoms with van der Waals surface area (Å²) in [7, 11) is -3.38. The van der Waals surface area contributed by atoms with Crippen LogP contribution in [0, 0.1) is 11.8 Å². The molecule has 6 heteroatoms. The molecule has 0 bridgehead atoms. The summed E-state index contributed by atoms with van der Waals surface area (Å²) in [5, 5.41) is 8.85. The molecule has 2 unspecified atom stereocenters. The van der Waals surface area contributed by atoms with Crippen LogP contribution < -0.4 is 4.72 Å². The molecule has 2 atom stereocenters. The van der Waals surface area contributed by atoms with Gasteiger partial charge < -0.3 is 5.11 Å². The van der Waals surface area contributed by atoms with Crippen LogP contribution in [0.1, 0.15) is 31.1 Å². The van der Waals surface area contributed by atoms with E-state index in [0.717, 1.165) is 11.3 Å². The maximum absolute atomic E-state index is 12.1. The quantitative estimate of drug-likeness (QED) is 0.844. The minimum absolute atomic E-state index is 0.0486. The van der Waals surface area contributed by atoms with E-state index in [9.17, 15) is 8.42 Å². The highest BCUT2D eigenvalue weighted by Crippen LogP contribution is 2.31. The summed E-state index contributed by atoms with van der Waals surface area (Å²) in [4.78, 5) is 0.900. The predicted octanol–water partition coefficient (Wildman–Crippen LogP) is 2.00. The van der Waals surface area contributed by atoms with Gasteiger partial charge in [-0.05, 0) is 30.4 Å². The SMILES string of the molecule is CC1CCCC1CNS(=O)(=O)c1ccc(CCO)s1. The summed E-state index contributed by atoms with van der Waals surface area (Å²) in [5.41, 5.74) is 0. The Morgan fingerprint density at radius 3 is 2.84 bits per heavy atom. The lowest BCUT2D eigenvalue weighted by Gasteiger charge is -2.15. The summed E-state index contributed by atoms with van der Waals surface area (Å²) in [6.07, 6.45) is 4.03. The molecule has 0 aromatic carbocycles. The van der Waals surface area contributed by atoms with Crippen LogP contribution in [0.4, 0.5) is 0 Å². The van der Waals surface area contributed by atoms with Gasteiger partial charge in [0.15, 0.2) is 0 Å². The van der Waals surface area contributed by atoms with Crippen molar-refractivity contribution in [1.29, 1.82) is 0 Å². The van der Waals surface area contributed by atoms with E-state index < -0.39 is 10.0 Å². The minimum Gasteiger partial charge on any atom is -0.396 e. The van der Waals surface area contributed by atoms with E-state index in [2.05, 4.69) is 11.6 Å². The van der Waals surface area contributed by atoms with Crippen LogP contribution >= 0.6 is 11.3 Å². The Hall–Kier alpha value is -0.430. The third kappa shape index (κ3) is 3.78. The molecular weight excluding hydrogens is 282 g/mol. The van der Waals surface area contributed by atoms with Gasteiger partial charge in [-0.1, -0.05) is 19.8 Å². The van der Waals surface area contributed by atoms with Gasteiger partial charge in [0.05, 0.1) is 0 Å². The average molecular weight is 303 g/mol. The number of hydrogen-bond donors (Lipinski definition) is 2. The van der Waals surface area contributed by atoms with E-state index in [0.29, 0.717) is 29.0 Å². The fourth-order valence-electron chi connectivity index (χ4n) is 2.56. The van der Waals surface area contributed by atoms with E-state index >= 15 is 0 Å². The smallest absolute Gasteiger partial charge is 0.250 e. The first-order chi connectivity index (χ1) is 9.03. The lowest BCUT2D eigenvalue weighted by molar-refractivity contribution is 0.300. The Morgan fingerprint density at radius 2 is 2.21 bits per heavy atom. The number of aliphatic hydroxyl groups excluding tert-OH is 1. The molecule has 0 radical (unpaired) electrons. The molecule has 1 aliphatic carbocycles. The van der Waals surface area contributed by atoms with Crippen molar-refractivity contribution in [3.63, 3.8) is 0 Å². The van der Waals surface area contributed by atoms with Crippen molar-refractivity contribution in [1.82, 2.24) is 4.72 Å². The van der Waals surface area contributed by atoms with Crippen LogP contribution in [0.15, 0.2) is 16.3 Å². The molecule has 0 amide bonds. The molecule has 1 aliphatic rings. The molecule has 2 rings (SSSR count). The van der Waals surface area contributed by atoms with Gasteiger partial charge >= 0.3 is 0 Å². The molecule has 1 fully saturated rings. The van der Waals surface area contributed by atoms with E-state index in [1.807, 2.05) is 0 Å². The first-order valence-electron chi connectivity index (χ1n) is 6.72. The fraction of sp³-hybridized carbons (Fsp3) is 0.692. The highest BCUT2D eigenvalue weighted by molar-refractivity contribution is 7.91. The number of thiophene rings is 1. The van der Waals surface area contributed by atoms with Gasteiger partial charge in [0.1, 0.15) is 4.21 Å². The number of rotatable bonds is 6. The zero-order chi connectivity index (χ0) is 13.9. The molecule has 0 aliphatic heterocycles. The monoisotopic (exact) mass is 303 g/mol. The summed E-state index contributed by atoms with van der Waals surface area (Å²) in [5.74, 6) is 1.07. The van der Waals surface area contributed by atoms with Crippen molar-refractivity contribution in [3.8, 4) is 0 Å². The zero-order valence-corrected chi connectivity index (χ0v) is 12.8. The van der Waals surface area contributed by atoms with Crippen LogP contribution in [-0.4, -0.2) is 26.7 Å². The minimum atomic E-state index is -3.38. The fourth-order valence-corrected chi connectivity index (χ4v) is 5.04. The van der Waals surface area contributed by atoms with Gasteiger partial charge in [0.25, 0.3) is 0 Å². The Kier molecular flexibility index (Phi) is 5.00. The van der Waals surface area contributed by atoms with Crippen LogP contribution in [0.5, 0.6) is 0 Å². The first kappa shape index (κ1) is 15.0. The van der Waals surface area contributed by atoms with E-state index in [1.54, 1.807) is 12.1 Å². The second kappa shape index (κ2) is 6.35. The normalized spacial score (nSPS) is 23.9. The summed E-state index contributed by atoms with van der Waals surface area (Å²) < 4.78 is 27.4. The van der Waals surface area contributed by atoms with Gasteiger partial charge in [-0.15, -0.1) is 11.3 Å². The molecule has 1 aromatic heterocycles. The summed E-state index contributed by atoms with van der Waals surface area (Å²) in [6, 6.07) is 3.39. The van der Waals surface area contributed by atoms with Crippen molar-refractivity contribution in [2.75, 3.05) is 13.2 Å². The van der Waals surface area contributed by atoms with Gasteiger partial charge in [-0.25, -0.2) is 13.1 Å². The van der Waals surface area contributed by atoms with Gasteiger partial charge in [0.2, 0.25) is 10.0 Å². The summed E-state index contributed by atoms with van der Waals surface area (Å²) >= 11 is 1.24. The molecule has 2 N–H and O–H groups in total. The number of sulfonamides is 1. The molecule has 108 valence electrons. The third-order valence-corrected chi connectivity index (χ3v) is 6.90. The van der Waals surface area contributed by atoms with Crippen molar-refractivity contribution in [2.45, 2.75) is 36.8 Å². The maximum Gasteiger partial charge on any atom is 0.250 e. The van der Waals surface area contributed by atoms with Crippen LogP contribution in [0.3, 0.4) is 0 Å². The zero-order valence-electron chi connectivity index (χ0n) is 11.1.